The van der Waals surface area contributed by atoms with Crippen LogP contribution in [-0.2, 0) is 22.1 Å². The molecule has 11 heteroatoms. The lowest BCUT2D eigenvalue weighted by molar-refractivity contribution is 0.270. The number of imidazole rings is 1. The average Bonchev–Trinajstić information content (AvgIpc) is 3.23. The highest BCUT2D eigenvalue weighted by molar-refractivity contribution is 6.74. The van der Waals surface area contributed by atoms with Gasteiger partial charge in [-0.25, -0.2) is 9.98 Å². The Bertz CT molecular complexity index is 1350. The molecule has 1 aromatic carbocycles. The second kappa shape index (κ2) is 11.1. The molecular formula is C28H46N6O3Si2. The zero-order valence-electron chi connectivity index (χ0n) is 25.8. The van der Waals surface area contributed by atoms with Crippen molar-refractivity contribution in [1.82, 2.24) is 24.4 Å². The van der Waals surface area contributed by atoms with E-state index in [1.807, 2.05) is 18.7 Å². The molecule has 2 heterocycles. The molecule has 0 radical (unpaired) electrons. The molecule has 0 atom stereocenters. The maximum Gasteiger partial charge on any atom is 0.280 e. The van der Waals surface area contributed by atoms with Gasteiger partial charge in [0.05, 0.1) is 19.6 Å². The SMILES string of the molecule is CN(C)/C=N/c1nc2c(ncn2-c2cc(CO[Si](C)(C)C(C)(C)C)cc(CO[Si](C)(C)C(C)(C)C)c2)c(=O)[nH]1. The Morgan fingerprint density at radius 2 is 1.46 bits per heavy atom. The Hall–Kier alpha value is -2.61. The van der Waals surface area contributed by atoms with E-state index in [1.54, 1.807) is 17.6 Å². The van der Waals surface area contributed by atoms with Crippen molar-refractivity contribution in [3.8, 4) is 5.69 Å². The molecule has 3 rings (SSSR count). The number of nitrogens with one attached hydrogen (secondary N) is 1. The Kier molecular flexibility index (Phi) is 8.81. The van der Waals surface area contributed by atoms with Gasteiger partial charge in [0.2, 0.25) is 5.95 Å². The summed E-state index contributed by atoms with van der Waals surface area (Å²) >= 11 is 0. The zero-order valence-corrected chi connectivity index (χ0v) is 27.8. The third kappa shape index (κ3) is 7.33. The summed E-state index contributed by atoms with van der Waals surface area (Å²) in [6.07, 6.45) is 3.23. The first kappa shape index (κ1) is 30.9. The van der Waals surface area contributed by atoms with Crippen molar-refractivity contribution in [2.24, 2.45) is 4.99 Å². The lowest BCUT2D eigenvalue weighted by Gasteiger charge is -2.36. The molecule has 214 valence electrons. The molecule has 0 aliphatic heterocycles. The summed E-state index contributed by atoms with van der Waals surface area (Å²) in [5, 5.41) is 0.210. The van der Waals surface area contributed by atoms with E-state index in [9.17, 15) is 4.79 Å². The van der Waals surface area contributed by atoms with Crippen LogP contribution in [0.25, 0.3) is 16.9 Å². The van der Waals surface area contributed by atoms with Gasteiger partial charge in [-0.2, -0.15) is 4.98 Å². The van der Waals surface area contributed by atoms with Gasteiger partial charge in [0.15, 0.2) is 27.8 Å². The molecule has 39 heavy (non-hydrogen) atoms. The number of aliphatic imine (C=N–C) groups is 1. The third-order valence-electron chi connectivity index (χ3n) is 7.93. The van der Waals surface area contributed by atoms with Crippen LogP contribution in [0.4, 0.5) is 5.95 Å². The van der Waals surface area contributed by atoms with Crippen molar-refractivity contribution in [2.75, 3.05) is 14.1 Å². The number of nitrogens with zero attached hydrogens (tertiary/aromatic N) is 5. The Labute approximate surface area is 235 Å². The largest absolute Gasteiger partial charge is 0.413 e. The van der Waals surface area contributed by atoms with Crippen LogP contribution < -0.4 is 5.56 Å². The van der Waals surface area contributed by atoms with Crippen LogP contribution in [0.1, 0.15) is 52.7 Å². The van der Waals surface area contributed by atoms with Gasteiger partial charge in [-0.3, -0.25) is 14.3 Å². The molecule has 0 saturated carbocycles. The highest BCUT2D eigenvalue weighted by Crippen LogP contribution is 2.38. The quantitative estimate of drug-likeness (QED) is 0.182. The summed E-state index contributed by atoms with van der Waals surface area (Å²) in [6.45, 7) is 23.5. The summed E-state index contributed by atoms with van der Waals surface area (Å²) < 4.78 is 15.0. The summed E-state index contributed by atoms with van der Waals surface area (Å²) in [7, 11) is -0.208. The van der Waals surface area contributed by atoms with Crippen LogP contribution in [0.2, 0.25) is 36.3 Å². The number of rotatable bonds is 9. The fourth-order valence-corrected chi connectivity index (χ4v) is 5.25. The van der Waals surface area contributed by atoms with E-state index in [0.717, 1.165) is 16.8 Å². The minimum Gasteiger partial charge on any atom is -0.413 e. The summed E-state index contributed by atoms with van der Waals surface area (Å²) in [6, 6.07) is 6.32. The number of aromatic amines is 1. The average molecular weight is 571 g/mol. The van der Waals surface area contributed by atoms with E-state index in [2.05, 4.69) is 106 Å². The number of benzene rings is 1. The Morgan fingerprint density at radius 1 is 0.949 bits per heavy atom. The van der Waals surface area contributed by atoms with Crippen molar-refractivity contribution in [1.29, 1.82) is 0 Å². The molecule has 1 N–H and O–H groups in total. The van der Waals surface area contributed by atoms with Crippen molar-refractivity contribution < 1.29 is 8.85 Å². The number of aromatic nitrogens is 4. The van der Waals surface area contributed by atoms with E-state index < -0.39 is 16.6 Å². The van der Waals surface area contributed by atoms with Crippen molar-refractivity contribution in [3.63, 3.8) is 0 Å². The molecule has 0 bridgehead atoms. The van der Waals surface area contributed by atoms with E-state index in [1.165, 1.54) is 0 Å². The van der Waals surface area contributed by atoms with Gasteiger partial charge in [-0.1, -0.05) is 47.6 Å². The number of hydrogen-bond acceptors (Lipinski definition) is 6. The normalized spacial score (nSPS) is 13.5. The number of H-pyrrole nitrogens is 1. The summed E-state index contributed by atoms with van der Waals surface area (Å²) in [5.41, 5.74) is 3.32. The predicted octanol–water partition coefficient (Wildman–Crippen LogP) is 6.37. The summed E-state index contributed by atoms with van der Waals surface area (Å²) in [5.74, 6) is 0.224. The topological polar surface area (TPSA) is 97.6 Å². The van der Waals surface area contributed by atoms with E-state index >= 15 is 0 Å². The lowest BCUT2D eigenvalue weighted by atomic mass is 10.1. The van der Waals surface area contributed by atoms with Crippen LogP contribution in [-0.4, -0.2) is 61.5 Å². The fraction of sp³-hybridized carbons (Fsp3) is 0.571. The third-order valence-corrected chi connectivity index (χ3v) is 16.9. The van der Waals surface area contributed by atoms with Crippen molar-refractivity contribution in [3.05, 3.63) is 46.0 Å². The number of hydrogen-bond donors (Lipinski definition) is 1. The van der Waals surface area contributed by atoms with Crippen LogP contribution in [0.3, 0.4) is 0 Å². The first-order chi connectivity index (χ1) is 17.8. The van der Waals surface area contributed by atoms with E-state index in [4.69, 9.17) is 8.85 Å². The summed E-state index contributed by atoms with van der Waals surface area (Å²) in [4.78, 5) is 30.5. The predicted molar refractivity (Wildman–Crippen MR) is 165 cm³/mol. The minimum absolute atomic E-state index is 0.105. The molecule has 0 aliphatic carbocycles. The van der Waals surface area contributed by atoms with Gasteiger partial charge < -0.3 is 13.8 Å². The smallest absolute Gasteiger partial charge is 0.280 e. The Balaban J connectivity index is 2.08. The lowest BCUT2D eigenvalue weighted by Crippen LogP contribution is -2.40. The maximum absolute atomic E-state index is 12.7. The molecule has 2 aromatic heterocycles. The van der Waals surface area contributed by atoms with Crippen LogP contribution in [0.5, 0.6) is 0 Å². The highest BCUT2D eigenvalue weighted by atomic mass is 28.4. The first-order valence-corrected chi connectivity index (χ1v) is 19.2. The molecule has 3 aromatic rings. The molecule has 0 fully saturated rings. The second-order valence-corrected chi connectivity index (χ2v) is 23.1. The number of fused-ring (bicyclic) bond motifs is 1. The molecule has 0 unspecified atom stereocenters. The second-order valence-electron chi connectivity index (χ2n) is 13.5. The first-order valence-electron chi connectivity index (χ1n) is 13.4. The van der Waals surface area contributed by atoms with Gasteiger partial charge in [-0.15, -0.1) is 0 Å². The van der Waals surface area contributed by atoms with Gasteiger partial charge >= 0.3 is 0 Å². The van der Waals surface area contributed by atoms with Gasteiger partial charge in [0, 0.05) is 19.8 Å². The van der Waals surface area contributed by atoms with Crippen molar-refractivity contribution in [2.45, 2.75) is 91.0 Å². The molecule has 9 nitrogen and oxygen atoms in total. The standard InChI is InChI=1S/C28H46N6O3Si2/c1-27(2,3)38(9,10)36-16-20-13-21(17-37-39(11,12)28(4,5)6)15-22(14-20)34-19-29-23-24(34)31-26(32-25(23)35)30-18-33(7)8/h13-15,18-19H,16-17H2,1-12H3,(H,31,32,35)/b30-18+. The maximum atomic E-state index is 12.7. The van der Waals surface area contributed by atoms with Crippen LogP contribution in [0, 0.1) is 0 Å². The molecule has 0 spiro atoms. The monoisotopic (exact) mass is 570 g/mol. The van der Waals surface area contributed by atoms with Crippen LogP contribution >= 0.6 is 0 Å². The highest BCUT2D eigenvalue weighted by Gasteiger charge is 2.38. The van der Waals surface area contributed by atoms with Gasteiger partial charge in [-0.05, 0) is 59.5 Å². The van der Waals surface area contributed by atoms with E-state index in [0.29, 0.717) is 18.9 Å². The molecular weight excluding hydrogens is 525 g/mol. The van der Waals surface area contributed by atoms with Gasteiger partial charge in [0.1, 0.15) is 6.33 Å². The van der Waals surface area contributed by atoms with E-state index in [-0.39, 0.29) is 27.1 Å². The zero-order chi connectivity index (χ0) is 29.4. The van der Waals surface area contributed by atoms with Crippen LogP contribution in [0.15, 0.2) is 34.3 Å². The molecule has 0 aliphatic rings. The van der Waals surface area contributed by atoms with Gasteiger partial charge in [0.25, 0.3) is 5.56 Å². The Morgan fingerprint density at radius 3 is 1.92 bits per heavy atom. The molecule has 0 amide bonds. The fourth-order valence-electron chi connectivity index (χ4n) is 3.33. The van der Waals surface area contributed by atoms with Crippen molar-refractivity contribution >= 4 is 40.1 Å². The molecule has 0 saturated heterocycles. The minimum atomic E-state index is -1.96.